The standard InChI is InChI=1S/C14H22N2O3/c1-2-19-14-9-11(16-5-7-18-8-6-16)3-4-12(14)13(15)10-17/h3-4,9,13,17H,2,5-8,10,15H2,1H3/t13-/m1/s1. The van der Waals surface area contributed by atoms with Gasteiger partial charge in [-0.15, -0.1) is 0 Å². The number of anilines is 1. The lowest BCUT2D eigenvalue weighted by atomic mass is 10.1. The summed E-state index contributed by atoms with van der Waals surface area (Å²) < 4.78 is 11.0. The summed E-state index contributed by atoms with van der Waals surface area (Å²) in [6.45, 7) is 5.71. The molecule has 1 aromatic rings. The number of rotatable bonds is 5. The third kappa shape index (κ3) is 3.37. The minimum absolute atomic E-state index is 0.0863. The molecule has 0 bridgehead atoms. The van der Waals surface area contributed by atoms with Crippen LogP contribution in [0.15, 0.2) is 18.2 Å². The highest BCUT2D eigenvalue weighted by atomic mass is 16.5. The molecule has 0 amide bonds. The molecule has 0 aromatic heterocycles. The Morgan fingerprint density at radius 2 is 2.16 bits per heavy atom. The minimum atomic E-state index is -0.403. The lowest BCUT2D eigenvalue weighted by molar-refractivity contribution is 0.122. The molecule has 1 fully saturated rings. The van der Waals surface area contributed by atoms with E-state index in [0.29, 0.717) is 6.61 Å². The summed E-state index contributed by atoms with van der Waals surface area (Å²) in [5.41, 5.74) is 7.85. The second kappa shape index (κ2) is 6.75. The van der Waals surface area contributed by atoms with Crippen molar-refractivity contribution in [1.82, 2.24) is 0 Å². The topological polar surface area (TPSA) is 68.0 Å². The number of morpholine rings is 1. The molecular weight excluding hydrogens is 244 g/mol. The Morgan fingerprint density at radius 3 is 2.79 bits per heavy atom. The summed E-state index contributed by atoms with van der Waals surface area (Å²) in [4.78, 5) is 2.26. The number of benzene rings is 1. The van der Waals surface area contributed by atoms with E-state index in [4.69, 9.17) is 15.2 Å². The average Bonchev–Trinajstić information content (AvgIpc) is 2.47. The monoisotopic (exact) mass is 266 g/mol. The van der Waals surface area contributed by atoms with Gasteiger partial charge in [0.25, 0.3) is 0 Å². The van der Waals surface area contributed by atoms with Crippen molar-refractivity contribution in [3.05, 3.63) is 23.8 Å². The van der Waals surface area contributed by atoms with Crippen molar-refractivity contribution in [2.75, 3.05) is 44.4 Å². The molecule has 1 aliphatic heterocycles. The molecule has 3 N–H and O–H groups in total. The van der Waals surface area contributed by atoms with Crippen LogP contribution in [0.25, 0.3) is 0 Å². The Bertz CT molecular complexity index is 406. The van der Waals surface area contributed by atoms with Crippen LogP contribution in [0.1, 0.15) is 18.5 Å². The molecule has 106 valence electrons. The predicted octanol–water partition coefficient (Wildman–Crippen LogP) is 0.914. The van der Waals surface area contributed by atoms with Crippen LogP contribution in [0.2, 0.25) is 0 Å². The molecule has 19 heavy (non-hydrogen) atoms. The maximum absolute atomic E-state index is 9.19. The van der Waals surface area contributed by atoms with Gasteiger partial charge in [-0.1, -0.05) is 6.07 Å². The van der Waals surface area contributed by atoms with Crippen LogP contribution in [0.3, 0.4) is 0 Å². The molecule has 0 radical (unpaired) electrons. The Balaban J connectivity index is 2.24. The summed E-state index contributed by atoms with van der Waals surface area (Å²) in [5.74, 6) is 0.757. The van der Waals surface area contributed by atoms with Gasteiger partial charge in [-0.2, -0.15) is 0 Å². The Morgan fingerprint density at radius 1 is 1.42 bits per heavy atom. The molecule has 1 atom stereocenters. The van der Waals surface area contributed by atoms with Crippen molar-refractivity contribution < 1.29 is 14.6 Å². The van der Waals surface area contributed by atoms with Crippen LogP contribution < -0.4 is 15.4 Å². The normalized spacial score (nSPS) is 17.3. The second-order valence-electron chi connectivity index (χ2n) is 4.54. The smallest absolute Gasteiger partial charge is 0.126 e. The van der Waals surface area contributed by atoms with E-state index in [0.717, 1.165) is 43.3 Å². The quantitative estimate of drug-likeness (QED) is 0.829. The number of hydrogen-bond acceptors (Lipinski definition) is 5. The van der Waals surface area contributed by atoms with Crippen LogP contribution in [-0.2, 0) is 4.74 Å². The van der Waals surface area contributed by atoms with E-state index in [9.17, 15) is 5.11 Å². The largest absolute Gasteiger partial charge is 0.493 e. The van der Waals surface area contributed by atoms with Crippen LogP contribution in [0, 0.1) is 0 Å². The molecule has 1 saturated heterocycles. The van der Waals surface area contributed by atoms with Gasteiger partial charge in [0, 0.05) is 30.4 Å². The fraction of sp³-hybridized carbons (Fsp3) is 0.571. The maximum atomic E-state index is 9.19. The number of hydrogen-bond donors (Lipinski definition) is 2. The van der Waals surface area contributed by atoms with Crippen molar-refractivity contribution in [2.45, 2.75) is 13.0 Å². The van der Waals surface area contributed by atoms with Crippen molar-refractivity contribution in [3.63, 3.8) is 0 Å². The Labute approximate surface area is 113 Å². The molecule has 0 spiro atoms. The zero-order valence-corrected chi connectivity index (χ0v) is 11.3. The predicted molar refractivity (Wildman–Crippen MR) is 74.7 cm³/mol. The van der Waals surface area contributed by atoms with E-state index in [1.807, 2.05) is 25.1 Å². The van der Waals surface area contributed by atoms with Crippen LogP contribution in [0.5, 0.6) is 5.75 Å². The first-order chi connectivity index (χ1) is 9.26. The summed E-state index contributed by atoms with van der Waals surface area (Å²) in [7, 11) is 0. The highest BCUT2D eigenvalue weighted by molar-refractivity contribution is 5.54. The molecule has 2 rings (SSSR count). The molecule has 5 nitrogen and oxygen atoms in total. The second-order valence-corrected chi connectivity index (χ2v) is 4.54. The SMILES string of the molecule is CCOc1cc(N2CCOCC2)ccc1[C@H](N)CO. The summed E-state index contributed by atoms with van der Waals surface area (Å²) in [6.07, 6.45) is 0. The fourth-order valence-electron chi connectivity index (χ4n) is 2.23. The van der Waals surface area contributed by atoms with Gasteiger partial charge in [0.05, 0.1) is 32.5 Å². The van der Waals surface area contributed by atoms with Gasteiger partial charge in [0.2, 0.25) is 0 Å². The number of nitrogens with two attached hydrogens (primary N) is 1. The lowest BCUT2D eigenvalue weighted by Crippen LogP contribution is -2.36. The van der Waals surface area contributed by atoms with Crippen LogP contribution >= 0.6 is 0 Å². The van der Waals surface area contributed by atoms with Gasteiger partial charge in [0.15, 0.2) is 0 Å². The molecular formula is C14H22N2O3. The van der Waals surface area contributed by atoms with Crippen molar-refractivity contribution >= 4 is 5.69 Å². The minimum Gasteiger partial charge on any atom is -0.493 e. The molecule has 0 saturated carbocycles. The van der Waals surface area contributed by atoms with Crippen molar-refractivity contribution in [2.24, 2.45) is 5.73 Å². The zero-order valence-electron chi connectivity index (χ0n) is 11.3. The third-order valence-electron chi connectivity index (χ3n) is 3.27. The fourth-order valence-corrected chi connectivity index (χ4v) is 2.23. The van der Waals surface area contributed by atoms with E-state index in [-0.39, 0.29) is 6.61 Å². The van der Waals surface area contributed by atoms with Crippen molar-refractivity contribution in [1.29, 1.82) is 0 Å². The van der Waals surface area contributed by atoms with Crippen molar-refractivity contribution in [3.8, 4) is 5.75 Å². The summed E-state index contributed by atoms with van der Waals surface area (Å²) in [5, 5.41) is 9.19. The van der Waals surface area contributed by atoms with E-state index >= 15 is 0 Å². The van der Waals surface area contributed by atoms with Gasteiger partial charge in [-0.3, -0.25) is 0 Å². The lowest BCUT2D eigenvalue weighted by Gasteiger charge is -2.29. The summed E-state index contributed by atoms with van der Waals surface area (Å²) >= 11 is 0. The zero-order chi connectivity index (χ0) is 13.7. The van der Waals surface area contributed by atoms with E-state index in [1.54, 1.807) is 0 Å². The van der Waals surface area contributed by atoms with Crippen LogP contribution in [-0.4, -0.2) is 44.6 Å². The van der Waals surface area contributed by atoms with Gasteiger partial charge in [0.1, 0.15) is 5.75 Å². The first-order valence-electron chi connectivity index (χ1n) is 6.72. The third-order valence-corrected chi connectivity index (χ3v) is 3.27. The van der Waals surface area contributed by atoms with Gasteiger partial charge in [-0.25, -0.2) is 0 Å². The first-order valence-corrected chi connectivity index (χ1v) is 6.72. The Hall–Kier alpha value is -1.30. The Kier molecular flexibility index (Phi) is 5.01. The number of aliphatic hydroxyl groups excluding tert-OH is 1. The van der Waals surface area contributed by atoms with Gasteiger partial charge < -0.3 is 25.2 Å². The van der Waals surface area contributed by atoms with E-state index in [2.05, 4.69) is 4.90 Å². The molecule has 1 heterocycles. The molecule has 0 unspecified atom stereocenters. The van der Waals surface area contributed by atoms with Gasteiger partial charge >= 0.3 is 0 Å². The number of ether oxygens (including phenoxy) is 2. The number of aliphatic hydroxyl groups is 1. The maximum Gasteiger partial charge on any atom is 0.126 e. The van der Waals surface area contributed by atoms with E-state index < -0.39 is 6.04 Å². The number of nitrogens with zero attached hydrogens (tertiary/aromatic N) is 1. The van der Waals surface area contributed by atoms with Crippen LogP contribution in [0.4, 0.5) is 5.69 Å². The molecule has 0 aliphatic carbocycles. The first kappa shape index (κ1) is 14.1. The summed E-state index contributed by atoms with van der Waals surface area (Å²) in [6, 6.07) is 5.56. The molecule has 5 heteroatoms. The molecule has 1 aromatic carbocycles. The highest BCUT2D eigenvalue weighted by Crippen LogP contribution is 2.29. The average molecular weight is 266 g/mol. The molecule has 1 aliphatic rings. The van der Waals surface area contributed by atoms with Gasteiger partial charge in [-0.05, 0) is 13.0 Å². The highest BCUT2D eigenvalue weighted by Gasteiger charge is 2.16. The van der Waals surface area contributed by atoms with E-state index in [1.165, 1.54) is 0 Å².